The Bertz CT molecular complexity index is 415. The Labute approximate surface area is 116 Å². The number of benzene rings is 1. The Balaban J connectivity index is 1.93. The topological polar surface area (TPSA) is 35.5 Å². The van der Waals surface area contributed by atoms with Crippen molar-refractivity contribution in [2.24, 2.45) is 0 Å². The smallest absolute Gasteiger partial charge is 0.0610 e. The highest BCUT2D eigenvalue weighted by Gasteiger charge is 2.26. The monoisotopic (exact) mass is 262 g/mol. The lowest BCUT2D eigenvalue weighted by Crippen LogP contribution is -2.44. The highest BCUT2D eigenvalue weighted by Crippen LogP contribution is 2.32. The average Bonchev–Trinajstić information content (AvgIpc) is 2.75. The minimum absolute atomic E-state index is 0.150. The summed E-state index contributed by atoms with van der Waals surface area (Å²) in [4.78, 5) is 2.50. The van der Waals surface area contributed by atoms with Crippen LogP contribution in [0.1, 0.15) is 32.3 Å². The first-order valence-corrected chi connectivity index (χ1v) is 7.24. The van der Waals surface area contributed by atoms with Crippen LogP contribution in [0, 0.1) is 0 Å². The van der Waals surface area contributed by atoms with Gasteiger partial charge in [0.25, 0.3) is 0 Å². The second kappa shape index (κ2) is 5.93. The Morgan fingerprint density at radius 2 is 2.16 bits per heavy atom. The molecule has 3 nitrogen and oxygen atoms in total. The van der Waals surface area contributed by atoms with Gasteiger partial charge in [0.15, 0.2) is 0 Å². The van der Waals surface area contributed by atoms with E-state index >= 15 is 0 Å². The van der Waals surface area contributed by atoms with Crippen molar-refractivity contribution in [2.75, 3.05) is 25.1 Å². The van der Waals surface area contributed by atoms with Crippen LogP contribution in [0.4, 0.5) is 5.69 Å². The molecule has 1 aliphatic heterocycles. The lowest BCUT2D eigenvalue weighted by Gasteiger charge is -2.30. The van der Waals surface area contributed by atoms with Gasteiger partial charge >= 0.3 is 0 Å². The summed E-state index contributed by atoms with van der Waals surface area (Å²) in [5.41, 5.74) is 2.71. The van der Waals surface area contributed by atoms with E-state index in [-0.39, 0.29) is 12.1 Å². The summed E-state index contributed by atoms with van der Waals surface area (Å²) in [6.07, 6.45) is 3.24. The largest absolute Gasteiger partial charge is 0.394 e. The number of fused-ring (bicyclic) bond motifs is 1. The number of likely N-dealkylation sites (N-methyl/N-ethyl adjacent to an activating group) is 1. The molecule has 1 aliphatic rings. The molecule has 19 heavy (non-hydrogen) atoms. The fourth-order valence-electron chi connectivity index (χ4n) is 2.89. The maximum Gasteiger partial charge on any atom is 0.0610 e. The number of rotatable bonds is 6. The molecule has 0 fully saturated rings. The van der Waals surface area contributed by atoms with E-state index in [2.05, 4.69) is 48.3 Å². The van der Waals surface area contributed by atoms with Gasteiger partial charge in [-0.2, -0.15) is 0 Å². The number of nitrogens with zero attached hydrogens (tertiary/aromatic N) is 1. The molecule has 2 atom stereocenters. The summed E-state index contributed by atoms with van der Waals surface area (Å²) in [5.74, 6) is 0. The van der Waals surface area contributed by atoms with Gasteiger partial charge in [-0.1, -0.05) is 18.2 Å². The van der Waals surface area contributed by atoms with E-state index in [0.29, 0.717) is 6.04 Å². The van der Waals surface area contributed by atoms with Crippen molar-refractivity contribution in [2.45, 2.75) is 44.7 Å². The third-order valence-electron chi connectivity index (χ3n) is 4.43. The third kappa shape index (κ3) is 3.10. The van der Waals surface area contributed by atoms with Crippen molar-refractivity contribution in [1.29, 1.82) is 0 Å². The van der Waals surface area contributed by atoms with E-state index in [0.717, 1.165) is 25.8 Å². The molecular formula is C16H26N2O. The predicted molar refractivity (Wildman–Crippen MR) is 80.7 cm³/mol. The minimum Gasteiger partial charge on any atom is -0.394 e. The van der Waals surface area contributed by atoms with Gasteiger partial charge < -0.3 is 15.3 Å². The fourth-order valence-corrected chi connectivity index (χ4v) is 2.89. The Kier molecular flexibility index (Phi) is 4.48. The van der Waals surface area contributed by atoms with Crippen LogP contribution in [0.2, 0.25) is 0 Å². The van der Waals surface area contributed by atoms with Crippen LogP contribution in [-0.4, -0.2) is 36.9 Å². The molecule has 0 aliphatic carbocycles. The number of anilines is 1. The number of hydrogen-bond acceptors (Lipinski definition) is 3. The summed E-state index contributed by atoms with van der Waals surface area (Å²) in [6, 6.07) is 9.29. The van der Waals surface area contributed by atoms with Crippen molar-refractivity contribution < 1.29 is 5.11 Å². The molecule has 1 aromatic rings. The summed E-state index contributed by atoms with van der Waals surface area (Å²) in [5, 5.41) is 12.6. The fraction of sp³-hybridized carbons (Fsp3) is 0.625. The second-order valence-electron chi connectivity index (χ2n) is 5.95. The molecule has 0 amide bonds. The average molecular weight is 262 g/mol. The summed E-state index contributed by atoms with van der Waals surface area (Å²) in [7, 11) is 1.92. The van der Waals surface area contributed by atoms with Gasteiger partial charge in [0.05, 0.1) is 6.61 Å². The Morgan fingerprint density at radius 3 is 2.84 bits per heavy atom. The standard InChI is InChI=1S/C16H26N2O/c1-13-11-14-7-4-5-8-15(14)18(13)10-6-9-16(2,12-19)17-3/h4-5,7-8,13,17,19H,6,9-12H2,1-3H3. The van der Waals surface area contributed by atoms with Gasteiger partial charge in [-0.3, -0.25) is 0 Å². The minimum atomic E-state index is -0.150. The first-order chi connectivity index (χ1) is 9.09. The van der Waals surface area contributed by atoms with Gasteiger partial charge in [0.2, 0.25) is 0 Å². The molecule has 1 aromatic carbocycles. The van der Waals surface area contributed by atoms with Crippen LogP contribution >= 0.6 is 0 Å². The van der Waals surface area contributed by atoms with E-state index in [1.165, 1.54) is 11.3 Å². The molecule has 0 aromatic heterocycles. The molecule has 0 saturated carbocycles. The lowest BCUT2D eigenvalue weighted by molar-refractivity contribution is 0.172. The van der Waals surface area contributed by atoms with Crippen LogP contribution in [0.25, 0.3) is 0 Å². The Morgan fingerprint density at radius 1 is 1.42 bits per heavy atom. The zero-order chi connectivity index (χ0) is 13.9. The number of nitrogens with one attached hydrogen (secondary N) is 1. The molecule has 1 heterocycles. The molecular weight excluding hydrogens is 236 g/mol. The normalized spacial score (nSPS) is 21.3. The predicted octanol–water partition coefficient (Wildman–Crippen LogP) is 2.19. The third-order valence-corrected chi connectivity index (χ3v) is 4.43. The molecule has 0 saturated heterocycles. The number of aliphatic hydroxyl groups is 1. The molecule has 2 N–H and O–H groups in total. The van der Waals surface area contributed by atoms with Crippen molar-refractivity contribution >= 4 is 5.69 Å². The van der Waals surface area contributed by atoms with Crippen LogP contribution in [0.5, 0.6) is 0 Å². The molecule has 0 spiro atoms. The highest BCUT2D eigenvalue weighted by molar-refractivity contribution is 5.59. The molecule has 0 radical (unpaired) electrons. The molecule has 0 bridgehead atoms. The maximum atomic E-state index is 9.41. The van der Waals surface area contributed by atoms with Crippen molar-refractivity contribution in [1.82, 2.24) is 5.32 Å². The molecule has 3 heteroatoms. The number of para-hydroxylation sites is 1. The van der Waals surface area contributed by atoms with Crippen molar-refractivity contribution in [3.05, 3.63) is 29.8 Å². The first kappa shape index (κ1) is 14.4. The quantitative estimate of drug-likeness (QED) is 0.825. The number of hydrogen-bond donors (Lipinski definition) is 2. The molecule has 2 unspecified atom stereocenters. The first-order valence-electron chi connectivity index (χ1n) is 7.24. The van der Waals surface area contributed by atoms with Gasteiger partial charge in [0.1, 0.15) is 0 Å². The van der Waals surface area contributed by atoms with E-state index in [9.17, 15) is 5.11 Å². The van der Waals surface area contributed by atoms with E-state index in [4.69, 9.17) is 0 Å². The van der Waals surface area contributed by atoms with Crippen LogP contribution in [0.15, 0.2) is 24.3 Å². The van der Waals surface area contributed by atoms with Crippen LogP contribution < -0.4 is 10.2 Å². The lowest BCUT2D eigenvalue weighted by atomic mass is 9.97. The zero-order valence-corrected chi connectivity index (χ0v) is 12.3. The Hall–Kier alpha value is -1.06. The summed E-state index contributed by atoms with van der Waals surface area (Å²) >= 11 is 0. The van der Waals surface area contributed by atoms with Gasteiger partial charge in [0, 0.05) is 23.8 Å². The highest BCUT2D eigenvalue weighted by atomic mass is 16.3. The zero-order valence-electron chi connectivity index (χ0n) is 12.3. The van der Waals surface area contributed by atoms with Gasteiger partial charge in [-0.05, 0) is 51.8 Å². The SMILES string of the molecule is CNC(C)(CO)CCCN1c2ccccc2CC1C. The van der Waals surface area contributed by atoms with E-state index in [1.807, 2.05) is 7.05 Å². The van der Waals surface area contributed by atoms with E-state index in [1.54, 1.807) is 0 Å². The summed E-state index contributed by atoms with van der Waals surface area (Å²) in [6.45, 7) is 5.63. The van der Waals surface area contributed by atoms with Crippen molar-refractivity contribution in [3.63, 3.8) is 0 Å². The van der Waals surface area contributed by atoms with Gasteiger partial charge in [-0.25, -0.2) is 0 Å². The van der Waals surface area contributed by atoms with Crippen LogP contribution in [0.3, 0.4) is 0 Å². The summed E-state index contributed by atoms with van der Waals surface area (Å²) < 4.78 is 0. The van der Waals surface area contributed by atoms with Crippen molar-refractivity contribution in [3.8, 4) is 0 Å². The van der Waals surface area contributed by atoms with Crippen LogP contribution in [-0.2, 0) is 6.42 Å². The number of aliphatic hydroxyl groups excluding tert-OH is 1. The van der Waals surface area contributed by atoms with Gasteiger partial charge in [-0.15, -0.1) is 0 Å². The second-order valence-corrected chi connectivity index (χ2v) is 5.95. The maximum absolute atomic E-state index is 9.41. The molecule has 2 rings (SSSR count). The molecule has 106 valence electrons. The van der Waals surface area contributed by atoms with E-state index < -0.39 is 0 Å².